The maximum Gasteiger partial charge on any atom is 0.337 e. The second kappa shape index (κ2) is 7.68. The summed E-state index contributed by atoms with van der Waals surface area (Å²) in [5.41, 5.74) is 6.18. The standard InChI is InChI=1S/C16H17N3O3/c1-12-6-5-9-14(10-12)22-11-15(20)18-19-16(21)17-13-7-3-2-4-8-13/h2-10H,11H2,1H3,(H,18,20)(H2,17,19,21). The number of hydrogen-bond acceptors (Lipinski definition) is 3. The summed E-state index contributed by atoms with van der Waals surface area (Å²) in [5, 5.41) is 2.57. The Bertz CT molecular complexity index is 644. The molecule has 0 fully saturated rings. The van der Waals surface area contributed by atoms with Crippen molar-refractivity contribution in [2.24, 2.45) is 0 Å². The minimum Gasteiger partial charge on any atom is -0.484 e. The first-order valence-corrected chi connectivity index (χ1v) is 6.74. The molecule has 2 aromatic carbocycles. The number of carbonyl (C=O) groups is 2. The first kappa shape index (κ1) is 15.4. The molecular formula is C16H17N3O3. The lowest BCUT2D eigenvalue weighted by Gasteiger charge is -2.10. The lowest BCUT2D eigenvalue weighted by molar-refractivity contribution is -0.123. The third-order valence-corrected chi connectivity index (χ3v) is 2.71. The van der Waals surface area contributed by atoms with Gasteiger partial charge in [0.2, 0.25) is 0 Å². The Labute approximate surface area is 128 Å². The van der Waals surface area contributed by atoms with E-state index in [0.717, 1.165) is 5.56 Å². The fourth-order valence-electron chi connectivity index (χ4n) is 1.70. The summed E-state index contributed by atoms with van der Waals surface area (Å²) in [7, 11) is 0. The Morgan fingerprint density at radius 1 is 1.00 bits per heavy atom. The normalized spacial score (nSPS) is 9.68. The Balaban J connectivity index is 1.70. The van der Waals surface area contributed by atoms with Crippen LogP contribution in [0.3, 0.4) is 0 Å². The minimum absolute atomic E-state index is 0.185. The molecule has 0 spiro atoms. The Hall–Kier alpha value is -3.02. The van der Waals surface area contributed by atoms with Crippen LogP contribution < -0.4 is 20.9 Å². The molecule has 0 aliphatic carbocycles. The average Bonchev–Trinajstić information content (AvgIpc) is 2.52. The number of hydrogen-bond donors (Lipinski definition) is 3. The van der Waals surface area contributed by atoms with E-state index >= 15 is 0 Å². The van der Waals surface area contributed by atoms with E-state index in [4.69, 9.17) is 4.74 Å². The van der Waals surface area contributed by atoms with E-state index in [2.05, 4.69) is 16.2 Å². The van der Waals surface area contributed by atoms with Crippen molar-refractivity contribution in [1.82, 2.24) is 10.9 Å². The van der Waals surface area contributed by atoms with Crippen LogP contribution in [0.4, 0.5) is 10.5 Å². The van der Waals surface area contributed by atoms with E-state index in [9.17, 15) is 9.59 Å². The molecule has 0 saturated heterocycles. The second-order valence-electron chi connectivity index (χ2n) is 4.60. The number of aryl methyl sites for hydroxylation is 1. The van der Waals surface area contributed by atoms with Crippen molar-refractivity contribution >= 4 is 17.6 Å². The number of ether oxygens (including phenoxy) is 1. The smallest absolute Gasteiger partial charge is 0.337 e. The zero-order valence-corrected chi connectivity index (χ0v) is 12.1. The van der Waals surface area contributed by atoms with Crippen molar-refractivity contribution < 1.29 is 14.3 Å². The highest BCUT2D eigenvalue weighted by molar-refractivity contribution is 5.91. The average molecular weight is 299 g/mol. The number of carbonyl (C=O) groups excluding carboxylic acids is 2. The molecule has 0 atom stereocenters. The first-order valence-electron chi connectivity index (χ1n) is 6.74. The predicted octanol–water partition coefficient (Wildman–Crippen LogP) is 2.23. The van der Waals surface area contributed by atoms with Crippen LogP contribution in [0.2, 0.25) is 0 Å². The molecule has 0 radical (unpaired) electrons. The summed E-state index contributed by atoms with van der Waals surface area (Å²) in [6, 6.07) is 15.7. The topological polar surface area (TPSA) is 79.5 Å². The van der Waals surface area contributed by atoms with Crippen LogP contribution >= 0.6 is 0 Å². The van der Waals surface area contributed by atoms with Crippen LogP contribution in [0.25, 0.3) is 0 Å². The van der Waals surface area contributed by atoms with Gasteiger partial charge in [-0.2, -0.15) is 0 Å². The molecule has 0 saturated carbocycles. The van der Waals surface area contributed by atoms with Gasteiger partial charge in [-0.3, -0.25) is 10.2 Å². The van der Waals surface area contributed by atoms with Gasteiger partial charge < -0.3 is 10.1 Å². The molecule has 6 nitrogen and oxygen atoms in total. The van der Waals surface area contributed by atoms with Gasteiger partial charge in [-0.05, 0) is 36.8 Å². The number of benzene rings is 2. The molecule has 0 aliphatic heterocycles. The van der Waals surface area contributed by atoms with Crippen LogP contribution in [0.1, 0.15) is 5.56 Å². The van der Waals surface area contributed by atoms with Gasteiger partial charge in [0.1, 0.15) is 5.75 Å². The summed E-state index contributed by atoms with van der Waals surface area (Å²) in [5.74, 6) is 0.147. The number of amides is 3. The second-order valence-corrected chi connectivity index (χ2v) is 4.60. The van der Waals surface area contributed by atoms with E-state index in [1.54, 1.807) is 30.3 Å². The highest BCUT2D eigenvalue weighted by Crippen LogP contribution is 2.11. The summed E-state index contributed by atoms with van der Waals surface area (Å²) in [6.45, 7) is 1.75. The van der Waals surface area contributed by atoms with E-state index in [1.807, 2.05) is 31.2 Å². The van der Waals surface area contributed by atoms with Gasteiger partial charge in [0.05, 0.1) is 0 Å². The van der Waals surface area contributed by atoms with Crippen LogP contribution in [-0.4, -0.2) is 18.5 Å². The van der Waals surface area contributed by atoms with Crippen molar-refractivity contribution in [3.05, 3.63) is 60.2 Å². The number of urea groups is 1. The highest BCUT2D eigenvalue weighted by atomic mass is 16.5. The molecule has 2 rings (SSSR count). The molecule has 0 heterocycles. The zero-order chi connectivity index (χ0) is 15.8. The zero-order valence-electron chi connectivity index (χ0n) is 12.1. The molecule has 0 unspecified atom stereocenters. The third-order valence-electron chi connectivity index (χ3n) is 2.71. The van der Waals surface area contributed by atoms with Gasteiger partial charge in [-0.1, -0.05) is 30.3 Å². The molecule has 6 heteroatoms. The van der Waals surface area contributed by atoms with Crippen molar-refractivity contribution in [3.63, 3.8) is 0 Å². The fourth-order valence-corrected chi connectivity index (χ4v) is 1.70. The van der Waals surface area contributed by atoms with Gasteiger partial charge in [-0.25, -0.2) is 10.2 Å². The van der Waals surface area contributed by atoms with Crippen molar-refractivity contribution in [2.75, 3.05) is 11.9 Å². The molecule has 22 heavy (non-hydrogen) atoms. The van der Waals surface area contributed by atoms with Gasteiger partial charge in [0.25, 0.3) is 5.91 Å². The maximum atomic E-state index is 11.6. The number of nitrogens with one attached hydrogen (secondary N) is 3. The van der Waals surface area contributed by atoms with Crippen LogP contribution in [0.5, 0.6) is 5.75 Å². The molecule has 3 amide bonds. The van der Waals surface area contributed by atoms with Gasteiger partial charge in [0.15, 0.2) is 6.61 Å². The first-order chi connectivity index (χ1) is 10.6. The monoisotopic (exact) mass is 299 g/mol. The van der Waals surface area contributed by atoms with E-state index in [0.29, 0.717) is 11.4 Å². The van der Waals surface area contributed by atoms with Crippen LogP contribution in [-0.2, 0) is 4.79 Å². The fraction of sp³-hybridized carbons (Fsp3) is 0.125. The summed E-state index contributed by atoms with van der Waals surface area (Å²) in [4.78, 5) is 23.1. The molecular weight excluding hydrogens is 282 g/mol. The minimum atomic E-state index is -0.532. The third kappa shape index (κ3) is 5.16. The lowest BCUT2D eigenvalue weighted by Crippen LogP contribution is -2.45. The van der Waals surface area contributed by atoms with Gasteiger partial charge in [0, 0.05) is 5.69 Å². The quantitative estimate of drug-likeness (QED) is 0.757. The molecule has 0 aromatic heterocycles. The van der Waals surface area contributed by atoms with Crippen LogP contribution in [0.15, 0.2) is 54.6 Å². The summed E-state index contributed by atoms with van der Waals surface area (Å²) in [6.07, 6.45) is 0. The number of para-hydroxylation sites is 1. The Kier molecular flexibility index (Phi) is 5.37. The predicted molar refractivity (Wildman–Crippen MR) is 83.4 cm³/mol. The van der Waals surface area contributed by atoms with Crippen molar-refractivity contribution in [3.8, 4) is 5.75 Å². The van der Waals surface area contributed by atoms with Gasteiger partial charge in [-0.15, -0.1) is 0 Å². The molecule has 0 aliphatic rings. The van der Waals surface area contributed by atoms with E-state index in [1.165, 1.54) is 0 Å². The maximum absolute atomic E-state index is 11.6. The van der Waals surface area contributed by atoms with Crippen molar-refractivity contribution in [1.29, 1.82) is 0 Å². The molecule has 2 aromatic rings. The molecule has 114 valence electrons. The summed E-state index contributed by atoms with van der Waals surface area (Å²) >= 11 is 0. The molecule has 0 bridgehead atoms. The number of anilines is 1. The number of hydrazine groups is 1. The Morgan fingerprint density at radius 3 is 2.50 bits per heavy atom. The van der Waals surface area contributed by atoms with Gasteiger partial charge >= 0.3 is 6.03 Å². The SMILES string of the molecule is Cc1cccc(OCC(=O)NNC(=O)Nc2ccccc2)c1. The largest absolute Gasteiger partial charge is 0.484 e. The lowest BCUT2D eigenvalue weighted by atomic mass is 10.2. The van der Waals surface area contributed by atoms with E-state index in [-0.39, 0.29) is 6.61 Å². The highest BCUT2D eigenvalue weighted by Gasteiger charge is 2.05. The Morgan fingerprint density at radius 2 is 1.77 bits per heavy atom. The number of rotatable bonds is 4. The van der Waals surface area contributed by atoms with Crippen molar-refractivity contribution in [2.45, 2.75) is 6.92 Å². The summed E-state index contributed by atoms with van der Waals surface area (Å²) < 4.78 is 5.32. The molecule has 3 N–H and O–H groups in total. The van der Waals surface area contributed by atoms with E-state index < -0.39 is 11.9 Å². The van der Waals surface area contributed by atoms with Crippen LogP contribution in [0, 0.1) is 6.92 Å².